The Morgan fingerprint density at radius 2 is 1.85 bits per heavy atom. The number of nitrogens with one attached hydrogen (secondary N) is 1. The second-order valence-electron chi connectivity index (χ2n) is 7.72. The minimum atomic E-state index is -0.117. The molecule has 2 heterocycles. The number of anilines is 1. The van der Waals surface area contributed by atoms with Gasteiger partial charge in [0.05, 0.1) is 36.5 Å². The van der Waals surface area contributed by atoms with E-state index in [2.05, 4.69) is 20.4 Å². The van der Waals surface area contributed by atoms with E-state index in [-0.39, 0.29) is 11.8 Å². The van der Waals surface area contributed by atoms with Gasteiger partial charge in [0.1, 0.15) is 11.5 Å². The Morgan fingerprint density at radius 3 is 2.55 bits per heavy atom. The number of hydrogen-bond acceptors (Lipinski definition) is 7. The number of nitrogens with zero attached hydrogens (tertiary/aromatic N) is 3. The second kappa shape index (κ2) is 10.4. The molecule has 1 amide bonds. The Balaban J connectivity index is 1.33. The van der Waals surface area contributed by atoms with Gasteiger partial charge < -0.3 is 19.3 Å². The third-order valence-corrected chi connectivity index (χ3v) is 6.26. The van der Waals surface area contributed by atoms with Gasteiger partial charge in [-0.2, -0.15) is 4.98 Å². The van der Waals surface area contributed by atoms with Crippen LogP contribution in [0.3, 0.4) is 0 Å². The zero-order chi connectivity index (χ0) is 23.4. The van der Waals surface area contributed by atoms with Crippen molar-refractivity contribution >= 4 is 34.8 Å². The predicted octanol–water partition coefficient (Wildman–Crippen LogP) is 4.91. The van der Waals surface area contributed by atoms with E-state index >= 15 is 0 Å². The first-order valence-corrected chi connectivity index (χ1v) is 11.3. The van der Waals surface area contributed by atoms with E-state index in [9.17, 15) is 4.79 Å². The summed E-state index contributed by atoms with van der Waals surface area (Å²) in [5.74, 6) is 1.77. The molecule has 8 nitrogen and oxygen atoms in total. The molecule has 0 unspecified atom stereocenters. The number of methoxy groups -OCH3 is 2. The molecule has 1 aliphatic rings. The van der Waals surface area contributed by atoms with Gasteiger partial charge in [-0.1, -0.05) is 40.5 Å². The molecule has 10 heteroatoms. The molecule has 1 aromatic heterocycles. The Labute approximate surface area is 201 Å². The minimum Gasteiger partial charge on any atom is -0.495 e. The molecule has 0 radical (unpaired) electrons. The van der Waals surface area contributed by atoms with Gasteiger partial charge in [0.25, 0.3) is 0 Å². The van der Waals surface area contributed by atoms with Crippen molar-refractivity contribution in [2.75, 3.05) is 32.6 Å². The summed E-state index contributed by atoms with van der Waals surface area (Å²) in [6, 6.07) is 10.7. The minimum absolute atomic E-state index is 0.0591. The monoisotopic (exact) mass is 490 g/mol. The van der Waals surface area contributed by atoms with Crippen molar-refractivity contribution in [2.24, 2.45) is 5.92 Å². The first-order chi connectivity index (χ1) is 16.0. The van der Waals surface area contributed by atoms with Gasteiger partial charge in [-0.05, 0) is 38.1 Å². The summed E-state index contributed by atoms with van der Waals surface area (Å²) in [5, 5.41) is 7.99. The van der Waals surface area contributed by atoms with Gasteiger partial charge in [0.15, 0.2) is 0 Å². The van der Waals surface area contributed by atoms with Crippen LogP contribution in [0.25, 0.3) is 11.4 Å². The molecule has 1 fully saturated rings. The van der Waals surface area contributed by atoms with Crippen LogP contribution in [0, 0.1) is 5.92 Å². The van der Waals surface area contributed by atoms with Gasteiger partial charge in [0.2, 0.25) is 17.6 Å². The average molecular weight is 491 g/mol. The molecule has 0 atom stereocenters. The fourth-order valence-electron chi connectivity index (χ4n) is 3.81. The number of benzene rings is 2. The molecule has 174 valence electrons. The SMILES string of the molecule is COc1cc(NC(=O)C2CCN(Cc3nc(-c4ccccc4Cl)no3)CC2)c(OC)cc1Cl. The summed E-state index contributed by atoms with van der Waals surface area (Å²) >= 11 is 12.4. The number of carbonyl (C=O) groups is 1. The summed E-state index contributed by atoms with van der Waals surface area (Å²) in [7, 11) is 3.05. The van der Waals surface area contributed by atoms with Gasteiger partial charge in [0, 0.05) is 23.6 Å². The maximum Gasteiger partial charge on any atom is 0.241 e. The standard InChI is InChI=1S/C23H24Cl2N4O4/c1-31-19-12-18(20(32-2)11-17(19)25)26-23(30)14-7-9-29(10-8-14)13-21-27-22(28-33-21)15-5-3-4-6-16(15)24/h3-6,11-12,14H,7-10,13H2,1-2H3,(H,26,30). The highest BCUT2D eigenvalue weighted by Gasteiger charge is 2.27. The van der Waals surface area contributed by atoms with E-state index in [1.165, 1.54) is 14.2 Å². The number of aromatic nitrogens is 2. The molecule has 0 bridgehead atoms. The van der Waals surface area contributed by atoms with Crippen LogP contribution in [-0.2, 0) is 11.3 Å². The third kappa shape index (κ3) is 5.40. The largest absolute Gasteiger partial charge is 0.495 e. The zero-order valence-corrected chi connectivity index (χ0v) is 19.8. The van der Waals surface area contributed by atoms with Crippen molar-refractivity contribution in [3.63, 3.8) is 0 Å². The van der Waals surface area contributed by atoms with E-state index in [0.717, 1.165) is 18.7 Å². The fourth-order valence-corrected chi connectivity index (χ4v) is 4.26. The Bertz CT molecular complexity index is 1130. The van der Waals surface area contributed by atoms with Gasteiger partial charge in [-0.3, -0.25) is 9.69 Å². The molecule has 4 rings (SSSR count). The van der Waals surface area contributed by atoms with Gasteiger partial charge in [-0.25, -0.2) is 0 Å². The van der Waals surface area contributed by atoms with Crippen molar-refractivity contribution in [1.82, 2.24) is 15.0 Å². The van der Waals surface area contributed by atoms with Crippen LogP contribution < -0.4 is 14.8 Å². The van der Waals surface area contributed by atoms with Crippen molar-refractivity contribution < 1.29 is 18.8 Å². The van der Waals surface area contributed by atoms with Crippen LogP contribution in [0.15, 0.2) is 40.9 Å². The van der Waals surface area contributed by atoms with Crippen LogP contribution >= 0.6 is 23.2 Å². The highest BCUT2D eigenvalue weighted by molar-refractivity contribution is 6.33. The lowest BCUT2D eigenvalue weighted by atomic mass is 9.95. The lowest BCUT2D eigenvalue weighted by molar-refractivity contribution is -0.121. The van der Waals surface area contributed by atoms with E-state index in [1.807, 2.05) is 18.2 Å². The number of carbonyl (C=O) groups excluding carboxylic acids is 1. The topological polar surface area (TPSA) is 89.7 Å². The van der Waals surface area contributed by atoms with Crippen LogP contribution in [0.5, 0.6) is 11.5 Å². The Kier molecular flexibility index (Phi) is 7.37. The number of ether oxygens (including phenoxy) is 2. The Hall–Kier alpha value is -2.81. The summed E-state index contributed by atoms with van der Waals surface area (Å²) < 4.78 is 16.0. The first kappa shape index (κ1) is 23.4. The number of rotatable bonds is 7. The first-order valence-electron chi connectivity index (χ1n) is 10.5. The van der Waals surface area contributed by atoms with Crippen LogP contribution in [-0.4, -0.2) is 48.3 Å². The van der Waals surface area contributed by atoms with Crippen molar-refractivity contribution in [1.29, 1.82) is 0 Å². The number of hydrogen-bond donors (Lipinski definition) is 1. The number of likely N-dealkylation sites (tertiary alicyclic amines) is 1. The van der Waals surface area contributed by atoms with Crippen LogP contribution in [0.4, 0.5) is 5.69 Å². The van der Waals surface area contributed by atoms with Crippen LogP contribution in [0.2, 0.25) is 10.0 Å². The predicted molar refractivity (Wildman–Crippen MR) is 126 cm³/mol. The quantitative estimate of drug-likeness (QED) is 0.502. The molecular formula is C23H24Cl2N4O4. The van der Waals surface area contributed by atoms with E-state index in [1.54, 1.807) is 18.2 Å². The highest BCUT2D eigenvalue weighted by Crippen LogP contribution is 2.36. The van der Waals surface area contributed by atoms with Crippen LogP contribution in [0.1, 0.15) is 18.7 Å². The Morgan fingerprint density at radius 1 is 1.12 bits per heavy atom. The van der Waals surface area contributed by atoms with Gasteiger partial charge in [-0.15, -0.1) is 0 Å². The molecule has 1 N–H and O–H groups in total. The molecule has 1 saturated heterocycles. The summed E-state index contributed by atoms with van der Waals surface area (Å²) in [4.78, 5) is 19.5. The molecule has 33 heavy (non-hydrogen) atoms. The maximum atomic E-state index is 12.9. The third-order valence-electron chi connectivity index (χ3n) is 5.63. The maximum absolute atomic E-state index is 12.9. The molecular weight excluding hydrogens is 467 g/mol. The smallest absolute Gasteiger partial charge is 0.241 e. The van der Waals surface area contributed by atoms with E-state index < -0.39 is 0 Å². The molecule has 2 aromatic carbocycles. The summed E-state index contributed by atoms with van der Waals surface area (Å²) in [6.45, 7) is 2.00. The number of halogens is 2. The molecule has 1 aliphatic heterocycles. The summed E-state index contributed by atoms with van der Waals surface area (Å²) in [5.41, 5.74) is 1.27. The summed E-state index contributed by atoms with van der Waals surface area (Å²) in [6.07, 6.45) is 1.43. The van der Waals surface area contributed by atoms with E-state index in [0.29, 0.717) is 58.3 Å². The molecule has 0 aliphatic carbocycles. The average Bonchev–Trinajstić information content (AvgIpc) is 3.28. The molecule has 0 saturated carbocycles. The zero-order valence-electron chi connectivity index (χ0n) is 18.3. The number of amides is 1. The lowest BCUT2D eigenvalue weighted by Gasteiger charge is -2.30. The van der Waals surface area contributed by atoms with Crippen molar-refractivity contribution in [3.8, 4) is 22.9 Å². The molecule has 0 spiro atoms. The highest BCUT2D eigenvalue weighted by atomic mass is 35.5. The van der Waals surface area contributed by atoms with Gasteiger partial charge >= 0.3 is 0 Å². The van der Waals surface area contributed by atoms with Crippen molar-refractivity contribution in [2.45, 2.75) is 19.4 Å². The van der Waals surface area contributed by atoms with E-state index in [4.69, 9.17) is 37.2 Å². The number of piperidine rings is 1. The second-order valence-corrected chi connectivity index (χ2v) is 8.53. The van der Waals surface area contributed by atoms with Crippen molar-refractivity contribution in [3.05, 3.63) is 52.3 Å². The fraction of sp³-hybridized carbons (Fsp3) is 0.348. The lowest BCUT2D eigenvalue weighted by Crippen LogP contribution is -2.37. The molecule has 3 aromatic rings. The normalized spacial score (nSPS) is 14.8.